The normalized spacial score (nSPS) is 27.6. The minimum atomic E-state index is 0.550. The average molecular weight is 281 g/mol. The van der Waals surface area contributed by atoms with Crippen molar-refractivity contribution in [2.24, 2.45) is 17.6 Å². The summed E-state index contributed by atoms with van der Waals surface area (Å²) in [6.07, 6.45) is 2.20. The van der Waals surface area contributed by atoms with Crippen molar-refractivity contribution in [2.75, 3.05) is 18.0 Å². The predicted octanol–water partition coefficient (Wildman–Crippen LogP) is 3.71. The lowest BCUT2D eigenvalue weighted by Gasteiger charge is -2.43. The van der Waals surface area contributed by atoms with Crippen molar-refractivity contribution >= 4 is 17.3 Å². The summed E-state index contributed by atoms with van der Waals surface area (Å²) in [7, 11) is 0. The number of anilines is 1. The molecule has 3 unspecified atom stereocenters. The molecule has 1 heterocycles. The molecule has 2 rings (SSSR count). The molecule has 1 aliphatic rings. The zero-order valence-corrected chi connectivity index (χ0v) is 13.0. The SMILES string of the molecule is CC1CC(C)C(C)N(c2ccc(CCN)cc2Cl)C1. The summed E-state index contributed by atoms with van der Waals surface area (Å²) >= 11 is 6.48. The highest BCUT2D eigenvalue weighted by atomic mass is 35.5. The number of nitrogens with two attached hydrogens (primary N) is 1. The molecule has 1 fully saturated rings. The van der Waals surface area contributed by atoms with Gasteiger partial charge in [0.2, 0.25) is 0 Å². The fourth-order valence-electron chi connectivity index (χ4n) is 3.14. The van der Waals surface area contributed by atoms with E-state index in [1.54, 1.807) is 0 Å². The lowest BCUT2D eigenvalue weighted by molar-refractivity contribution is 0.297. The monoisotopic (exact) mass is 280 g/mol. The Morgan fingerprint density at radius 1 is 1.32 bits per heavy atom. The average Bonchev–Trinajstić information content (AvgIpc) is 2.35. The fourth-order valence-corrected chi connectivity index (χ4v) is 3.45. The van der Waals surface area contributed by atoms with Crippen molar-refractivity contribution < 1.29 is 0 Å². The van der Waals surface area contributed by atoms with Crippen molar-refractivity contribution in [1.82, 2.24) is 0 Å². The second-order valence-electron chi connectivity index (χ2n) is 6.04. The van der Waals surface area contributed by atoms with Gasteiger partial charge < -0.3 is 10.6 Å². The topological polar surface area (TPSA) is 29.3 Å². The van der Waals surface area contributed by atoms with Crippen LogP contribution in [-0.2, 0) is 6.42 Å². The highest BCUT2D eigenvalue weighted by Crippen LogP contribution is 2.35. The molecule has 0 amide bonds. The lowest BCUT2D eigenvalue weighted by atomic mass is 9.85. The molecule has 0 saturated carbocycles. The van der Waals surface area contributed by atoms with Gasteiger partial charge in [0.05, 0.1) is 10.7 Å². The third kappa shape index (κ3) is 3.24. The number of hydrogen-bond acceptors (Lipinski definition) is 2. The Bertz CT molecular complexity index is 433. The largest absolute Gasteiger partial charge is 0.367 e. The molecular formula is C16H25ClN2. The smallest absolute Gasteiger partial charge is 0.0642 e. The lowest BCUT2D eigenvalue weighted by Crippen LogP contribution is -2.46. The number of nitrogens with zero attached hydrogens (tertiary/aromatic N) is 1. The maximum Gasteiger partial charge on any atom is 0.0642 e. The highest BCUT2D eigenvalue weighted by molar-refractivity contribution is 6.33. The van der Waals surface area contributed by atoms with Gasteiger partial charge in [-0.1, -0.05) is 31.5 Å². The van der Waals surface area contributed by atoms with E-state index in [1.807, 2.05) is 0 Å². The van der Waals surface area contributed by atoms with Crippen LogP contribution in [0.3, 0.4) is 0 Å². The molecule has 1 aliphatic heterocycles. The van der Waals surface area contributed by atoms with Crippen LogP contribution >= 0.6 is 11.6 Å². The Morgan fingerprint density at radius 3 is 2.68 bits per heavy atom. The summed E-state index contributed by atoms with van der Waals surface area (Å²) in [4.78, 5) is 2.47. The number of rotatable bonds is 3. The maximum absolute atomic E-state index is 6.48. The maximum atomic E-state index is 6.48. The van der Waals surface area contributed by atoms with Crippen LogP contribution in [0.2, 0.25) is 5.02 Å². The van der Waals surface area contributed by atoms with E-state index in [0.29, 0.717) is 18.5 Å². The summed E-state index contributed by atoms with van der Waals surface area (Å²) in [5.74, 6) is 1.44. The van der Waals surface area contributed by atoms with E-state index in [-0.39, 0.29) is 0 Å². The summed E-state index contributed by atoms with van der Waals surface area (Å²) in [6.45, 7) is 8.74. The van der Waals surface area contributed by atoms with Gasteiger partial charge >= 0.3 is 0 Å². The van der Waals surface area contributed by atoms with Crippen molar-refractivity contribution in [2.45, 2.75) is 39.7 Å². The van der Waals surface area contributed by atoms with Gasteiger partial charge in [0.1, 0.15) is 0 Å². The van der Waals surface area contributed by atoms with Gasteiger partial charge in [-0.15, -0.1) is 0 Å². The molecule has 1 saturated heterocycles. The van der Waals surface area contributed by atoms with Gasteiger partial charge in [-0.2, -0.15) is 0 Å². The summed E-state index contributed by atoms with van der Waals surface area (Å²) in [6, 6.07) is 6.94. The minimum Gasteiger partial charge on any atom is -0.367 e. The summed E-state index contributed by atoms with van der Waals surface area (Å²) < 4.78 is 0. The van der Waals surface area contributed by atoms with Crippen LogP contribution in [0.15, 0.2) is 18.2 Å². The Morgan fingerprint density at radius 2 is 2.05 bits per heavy atom. The Labute approximate surface area is 121 Å². The molecule has 1 aromatic rings. The van der Waals surface area contributed by atoms with Gasteiger partial charge in [-0.3, -0.25) is 0 Å². The Kier molecular flexibility index (Phi) is 4.75. The van der Waals surface area contributed by atoms with E-state index in [1.165, 1.54) is 17.7 Å². The van der Waals surface area contributed by atoms with Gasteiger partial charge in [0, 0.05) is 12.6 Å². The third-order valence-electron chi connectivity index (χ3n) is 4.35. The number of benzene rings is 1. The van der Waals surface area contributed by atoms with E-state index < -0.39 is 0 Å². The zero-order valence-electron chi connectivity index (χ0n) is 12.2. The Hall–Kier alpha value is -0.730. The van der Waals surface area contributed by atoms with Crippen LogP contribution in [0, 0.1) is 11.8 Å². The second-order valence-corrected chi connectivity index (χ2v) is 6.44. The fraction of sp³-hybridized carbons (Fsp3) is 0.625. The molecule has 0 bridgehead atoms. The van der Waals surface area contributed by atoms with E-state index in [9.17, 15) is 0 Å². The first kappa shape index (κ1) is 14.7. The summed E-state index contributed by atoms with van der Waals surface area (Å²) in [5, 5.41) is 0.860. The molecule has 0 spiro atoms. The molecule has 0 aromatic heterocycles. The predicted molar refractivity (Wildman–Crippen MR) is 84.0 cm³/mol. The zero-order chi connectivity index (χ0) is 14.0. The van der Waals surface area contributed by atoms with E-state index in [0.717, 1.165) is 23.9 Å². The highest BCUT2D eigenvalue weighted by Gasteiger charge is 2.29. The first-order valence-corrected chi connectivity index (χ1v) is 7.65. The molecule has 0 aliphatic carbocycles. The van der Waals surface area contributed by atoms with Crippen LogP contribution < -0.4 is 10.6 Å². The summed E-state index contributed by atoms with van der Waals surface area (Å²) in [5.41, 5.74) is 7.99. The molecule has 3 heteroatoms. The van der Waals surface area contributed by atoms with Crippen LogP contribution in [0.25, 0.3) is 0 Å². The van der Waals surface area contributed by atoms with E-state index in [4.69, 9.17) is 17.3 Å². The van der Waals surface area contributed by atoms with Crippen molar-refractivity contribution in [3.05, 3.63) is 28.8 Å². The van der Waals surface area contributed by atoms with E-state index in [2.05, 4.69) is 43.9 Å². The Balaban J connectivity index is 2.25. The van der Waals surface area contributed by atoms with Gasteiger partial charge in [0.25, 0.3) is 0 Å². The first-order valence-electron chi connectivity index (χ1n) is 7.28. The quantitative estimate of drug-likeness (QED) is 0.914. The molecule has 106 valence electrons. The molecular weight excluding hydrogens is 256 g/mol. The molecule has 1 aromatic carbocycles. The molecule has 2 nitrogen and oxygen atoms in total. The third-order valence-corrected chi connectivity index (χ3v) is 4.65. The number of hydrogen-bond donors (Lipinski definition) is 1. The van der Waals surface area contributed by atoms with E-state index >= 15 is 0 Å². The minimum absolute atomic E-state index is 0.550. The standard InChI is InChI=1S/C16H25ClN2/c1-11-8-12(2)13(3)19(10-11)16-5-4-14(6-7-18)9-15(16)17/h4-5,9,11-13H,6-8,10,18H2,1-3H3. The van der Waals surface area contributed by atoms with Gasteiger partial charge in [-0.25, -0.2) is 0 Å². The number of piperidine rings is 1. The van der Waals surface area contributed by atoms with Crippen molar-refractivity contribution in [3.8, 4) is 0 Å². The van der Waals surface area contributed by atoms with Crippen molar-refractivity contribution in [3.63, 3.8) is 0 Å². The van der Waals surface area contributed by atoms with Crippen LogP contribution in [0.4, 0.5) is 5.69 Å². The molecule has 0 radical (unpaired) electrons. The van der Waals surface area contributed by atoms with Gasteiger partial charge in [0.15, 0.2) is 0 Å². The van der Waals surface area contributed by atoms with Gasteiger partial charge in [-0.05, 0) is 55.8 Å². The molecule has 3 atom stereocenters. The molecule has 19 heavy (non-hydrogen) atoms. The number of halogens is 1. The second kappa shape index (κ2) is 6.15. The van der Waals surface area contributed by atoms with Crippen LogP contribution in [0.5, 0.6) is 0 Å². The molecule has 2 N–H and O–H groups in total. The van der Waals surface area contributed by atoms with Crippen molar-refractivity contribution in [1.29, 1.82) is 0 Å². The van der Waals surface area contributed by atoms with Crippen LogP contribution in [-0.4, -0.2) is 19.1 Å². The first-order chi connectivity index (χ1) is 9.02. The van der Waals surface area contributed by atoms with Crippen LogP contribution in [0.1, 0.15) is 32.8 Å².